The molecule has 2 aromatic carbocycles. The Hall–Kier alpha value is -2.00. The predicted molar refractivity (Wildman–Crippen MR) is 87.1 cm³/mol. The van der Waals surface area contributed by atoms with Gasteiger partial charge in [0.15, 0.2) is 0 Å². The van der Waals surface area contributed by atoms with E-state index in [0.717, 1.165) is 23.3 Å². The second-order valence-corrected chi connectivity index (χ2v) is 6.01. The van der Waals surface area contributed by atoms with Gasteiger partial charge in [-0.1, -0.05) is 48.0 Å². The number of halogens is 1. The number of ether oxygens (including phenoxy) is 1. The van der Waals surface area contributed by atoms with Crippen molar-refractivity contribution < 1.29 is 9.53 Å². The largest absolute Gasteiger partial charge is 0.492 e. The van der Waals surface area contributed by atoms with Crippen LogP contribution in [0, 0.1) is 5.92 Å². The lowest BCUT2D eigenvalue weighted by Gasteiger charge is -2.28. The van der Waals surface area contributed by atoms with Gasteiger partial charge in [0.05, 0.1) is 5.92 Å². The number of fused-ring (bicyclic) bond motifs is 1. The highest BCUT2D eigenvalue weighted by Crippen LogP contribution is 2.28. The average molecular weight is 316 g/mol. The first-order valence-corrected chi connectivity index (χ1v) is 7.72. The molecule has 0 radical (unpaired) electrons. The summed E-state index contributed by atoms with van der Waals surface area (Å²) < 4.78 is 5.71. The number of benzene rings is 2. The van der Waals surface area contributed by atoms with Crippen LogP contribution in [0.4, 0.5) is 0 Å². The van der Waals surface area contributed by atoms with E-state index in [1.165, 1.54) is 0 Å². The molecule has 2 aromatic rings. The quantitative estimate of drug-likeness (QED) is 0.867. The second-order valence-electron chi connectivity index (χ2n) is 5.61. The number of para-hydroxylation sites is 1. The van der Waals surface area contributed by atoms with Gasteiger partial charge < -0.3 is 9.64 Å². The van der Waals surface area contributed by atoms with E-state index in [2.05, 4.69) is 0 Å². The zero-order valence-electron chi connectivity index (χ0n) is 12.5. The molecule has 1 aliphatic rings. The van der Waals surface area contributed by atoms with Crippen LogP contribution in [0.2, 0.25) is 5.02 Å². The summed E-state index contributed by atoms with van der Waals surface area (Å²) in [6, 6.07) is 15.5. The molecule has 4 heteroatoms. The molecule has 0 saturated heterocycles. The third-order valence-electron chi connectivity index (χ3n) is 3.97. The molecule has 1 heterocycles. The van der Waals surface area contributed by atoms with Crippen LogP contribution in [-0.2, 0) is 17.8 Å². The molecule has 0 aliphatic carbocycles. The zero-order valence-corrected chi connectivity index (χ0v) is 13.2. The summed E-state index contributed by atoms with van der Waals surface area (Å²) in [5.74, 6) is 0.845. The molecular weight excluding hydrogens is 298 g/mol. The monoisotopic (exact) mass is 315 g/mol. The van der Waals surface area contributed by atoms with Gasteiger partial charge in [-0.3, -0.25) is 4.79 Å². The maximum Gasteiger partial charge on any atom is 0.229 e. The van der Waals surface area contributed by atoms with Crippen LogP contribution in [0.25, 0.3) is 0 Å². The van der Waals surface area contributed by atoms with Gasteiger partial charge in [-0.15, -0.1) is 0 Å². The van der Waals surface area contributed by atoms with E-state index in [0.29, 0.717) is 18.2 Å². The van der Waals surface area contributed by atoms with Crippen molar-refractivity contribution in [3.63, 3.8) is 0 Å². The summed E-state index contributed by atoms with van der Waals surface area (Å²) in [6.07, 6.45) is 0.724. The molecule has 0 spiro atoms. The van der Waals surface area contributed by atoms with Gasteiger partial charge in [0.25, 0.3) is 0 Å². The summed E-state index contributed by atoms with van der Waals surface area (Å²) >= 11 is 6.16. The van der Waals surface area contributed by atoms with Gasteiger partial charge in [-0.2, -0.15) is 0 Å². The van der Waals surface area contributed by atoms with Crippen LogP contribution in [0.5, 0.6) is 5.75 Å². The van der Waals surface area contributed by atoms with Crippen LogP contribution in [-0.4, -0.2) is 24.5 Å². The van der Waals surface area contributed by atoms with Crippen molar-refractivity contribution in [2.24, 2.45) is 5.92 Å². The summed E-state index contributed by atoms with van der Waals surface area (Å²) in [4.78, 5) is 14.4. The Morgan fingerprint density at radius 2 is 1.95 bits per heavy atom. The highest BCUT2D eigenvalue weighted by atomic mass is 35.5. The zero-order chi connectivity index (χ0) is 15.5. The van der Waals surface area contributed by atoms with Crippen LogP contribution in [0.15, 0.2) is 48.5 Å². The molecule has 0 aromatic heterocycles. The molecule has 3 rings (SSSR count). The standard InChI is InChI=1S/C18H18ClNO2/c1-20(11-14-7-2-4-8-16(14)19)18(21)15-10-13-6-3-5-9-17(13)22-12-15/h2-9,15H,10-12H2,1H3. The molecule has 0 bridgehead atoms. The highest BCUT2D eigenvalue weighted by molar-refractivity contribution is 6.31. The van der Waals surface area contributed by atoms with Crippen LogP contribution in [0.1, 0.15) is 11.1 Å². The minimum absolute atomic E-state index is 0.0921. The molecule has 1 atom stereocenters. The third kappa shape index (κ3) is 3.09. The first-order valence-electron chi connectivity index (χ1n) is 7.34. The molecule has 1 aliphatic heterocycles. The summed E-state index contributed by atoms with van der Waals surface area (Å²) in [5.41, 5.74) is 2.05. The predicted octanol–water partition coefficient (Wildman–Crippen LogP) is 3.55. The maximum absolute atomic E-state index is 12.6. The molecular formula is C18H18ClNO2. The van der Waals surface area contributed by atoms with Crippen LogP contribution < -0.4 is 4.74 Å². The van der Waals surface area contributed by atoms with Crippen molar-refractivity contribution >= 4 is 17.5 Å². The molecule has 0 saturated carbocycles. The normalized spacial score (nSPS) is 16.5. The smallest absolute Gasteiger partial charge is 0.229 e. The van der Waals surface area contributed by atoms with Gasteiger partial charge in [0, 0.05) is 18.6 Å². The molecule has 0 N–H and O–H groups in total. The number of rotatable bonds is 3. The number of carbonyl (C=O) groups excluding carboxylic acids is 1. The Morgan fingerprint density at radius 1 is 1.23 bits per heavy atom. The Labute approximate surface area is 135 Å². The van der Waals surface area contributed by atoms with Gasteiger partial charge >= 0.3 is 0 Å². The Balaban J connectivity index is 1.68. The first kappa shape index (κ1) is 14.9. The van der Waals surface area contributed by atoms with Crippen molar-refractivity contribution in [2.75, 3.05) is 13.7 Å². The maximum atomic E-state index is 12.6. The van der Waals surface area contributed by atoms with E-state index in [9.17, 15) is 4.79 Å². The molecule has 1 unspecified atom stereocenters. The fraction of sp³-hybridized carbons (Fsp3) is 0.278. The Kier molecular flexibility index (Phi) is 4.34. The molecule has 1 amide bonds. The summed E-state index contributed by atoms with van der Waals surface area (Å²) in [7, 11) is 1.81. The fourth-order valence-electron chi connectivity index (χ4n) is 2.76. The number of amides is 1. The molecule has 22 heavy (non-hydrogen) atoms. The van der Waals surface area contributed by atoms with Crippen molar-refractivity contribution in [3.8, 4) is 5.75 Å². The average Bonchev–Trinajstić information content (AvgIpc) is 2.55. The van der Waals surface area contributed by atoms with Crippen molar-refractivity contribution in [1.82, 2.24) is 4.90 Å². The second kappa shape index (κ2) is 6.41. The fourth-order valence-corrected chi connectivity index (χ4v) is 2.95. The highest BCUT2D eigenvalue weighted by Gasteiger charge is 2.28. The van der Waals surface area contributed by atoms with E-state index in [1.807, 2.05) is 55.6 Å². The lowest BCUT2D eigenvalue weighted by atomic mass is 9.95. The summed E-state index contributed by atoms with van der Waals surface area (Å²) in [6.45, 7) is 0.944. The number of hydrogen-bond donors (Lipinski definition) is 0. The van der Waals surface area contributed by atoms with E-state index in [4.69, 9.17) is 16.3 Å². The minimum Gasteiger partial charge on any atom is -0.492 e. The van der Waals surface area contributed by atoms with Crippen LogP contribution >= 0.6 is 11.6 Å². The van der Waals surface area contributed by atoms with E-state index in [1.54, 1.807) is 4.90 Å². The Bertz CT molecular complexity index is 686. The van der Waals surface area contributed by atoms with Gasteiger partial charge in [0.1, 0.15) is 12.4 Å². The van der Waals surface area contributed by atoms with E-state index >= 15 is 0 Å². The summed E-state index contributed by atoms with van der Waals surface area (Å²) in [5, 5.41) is 0.687. The SMILES string of the molecule is CN(Cc1ccccc1Cl)C(=O)C1COc2ccccc2C1. The number of nitrogens with zero attached hydrogens (tertiary/aromatic N) is 1. The topological polar surface area (TPSA) is 29.5 Å². The van der Waals surface area contributed by atoms with Crippen LogP contribution in [0.3, 0.4) is 0 Å². The Morgan fingerprint density at radius 3 is 2.77 bits per heavy atom. The van der Waals surface area contributed by atoms with Crippen molar-refractivity contribution in [2.45, 2.75) is 13.0 Å². The van der Waals surface area contributed by atoms with E-state index in [-0.39, 0.29) is 11.8 Å². The van der Waals surface area contributed by atoms with Gasteiger partial charge in [-0.25, -0.2) is 0 Å². The minimum atomic E-state index is -0.137. The number of hydrogen-bond acceptors (Lipinski definition) is 2. The number of carbonyl (C=O) groups is 1. The van der Waals surface area contributed by atoms with Gasteiger partial charge in [-0.05, 0) is 29.7 Å². The van der Waals surface area contributed by atoms with E-state index < -0.39 is 0 Å². The molecule has 114 valence electrons. The van der Waals surface area contributed by atoms with Gasteiger partial charge in [0.2, 0.25) is 5.91 Å². The lowest BCUT2D eigenvalue weighted by molar-refractivity contribution is -0.136. The van der Waals surface area contributed by atoms with Crippen molar-refractivity contribution in [1.29, 1.82) is 0 Å². The third-order valence-corrected chi connectivity index (χ3v) is 4.34. The van der Waals surface area contributed by atoms with Crippen molar-refractivity contribution in [3.05, 3.63) is 64.7 Å². The first-order chi connectivity index (χ1) is 10.6. The molecule has 0 fully saturated rings. The lowest BCUT2D eigenvalue weighted by Crippen LogP contribution is -2.38. The molecule has 3 nitrogen and oxygen atoms in total.